The van der Waals surface area contributed by atoms with Crippen molar-refractivity contribution in [2.24, 2.45) is 0 Å². The molecule has 3 aliphatic rings. The van der Waals surface area contributed by atoms with Gasteiger partial charge < -0.3 is 89.9 Å². The Bertz CT molecular complexity index is 2590. The van der Waals surface area contributed by atoms with Crippen LogP contribution in [0.25, 0.3) is 0 Å². The molecule has 12 N–H and O–H groups in total. The van der Waals surface area contributed by atoms with Gasteiger partial charge in [0.05, 0.1) is 38.6 Å². The van der Waals surface area contributed by atoms with Crippen molar-refractivity contribution in [1.82, 2.24) is 5.32 Å². The molecule has 19 nitrogen and oxygen atoms in total. The first-order valence-corrected chi connectivity index (χ1v) is 44.1. The maximum Gasteiger partial charge on any atom is 0.220 e. The topological polar surface area (TPSA) is 307 Å². The fourth-order valence-corrected chi connectivity index (χ4v) is 13.9. The van der Waals surface area contributed by atoms with Gasteiger partial charge in [0.2, 0.25) is 5.91 Å². The number of allylic oxidation sites excluding steroid dienone is 23. The third-order valence-electron chi connectivity index (χ3n) is 20.9. The predicted octanol–water partition coefficient (Wildman–Crippen LogP) is 16.6. The third kappa shape index (κ3) is 49.0. The fourth-order valence-electron chi connectivity index (χ4n) is 13.9. The Hall–Kier alpha value is -4.33. The number of aliphatic hydroxyl groups excluding tert-OH is 11. The van der Waals surface area contributed by atoms with E-state index in [0.29, 0.717) is 12.8 Å². The molecule has 112 heavy (non-hydrogen) atoms. The second kappa shape index (κ2) is 70.8. The van der Waals surface area contributed by atoms with E-state index in [4.69, 9.17) is 28.4 Å². The first kappa shape index (κ1) is 102. The standard InChI is InChI=1S/C93H157NO18/c1-3-5-7-9-11-13-15-17-19-21-23-25-27-29-31-33-34-35-36-37-38-39-40-41-42-43-45-47-49-51-53-55-57-59-61-63-65-67-69-71-81(99)94-76(77(98)70-68-66-64-62-60-58-56-54-52-50-48-46-44-32-30-28-26-24-22-20-18-16-14-12-10-8-6-4-2)75-107-91-87(105)84(102)89(79(73-96)109-91)112-93-88(106)85(103)90(80(74-97)110-93)111-92-86(104)83(101)82(100)78(72-95)108-92/h5,7,11,13,17,19,23,25,29,31,34-35,37-38,40-41,43,45,49,51,60,62,68,70,76-80,82-93,95-98,100-106H,3-4,6,8-10,12,14-16,18,20-22,24,26-28,30,32-33,36,39,42,44,46-48,50,52-59,61,63-67,69,71-75H2,1-2H3,(H,94,99)/b7-5-,13-11-,19-17-,25-23-,31-29-,35-34-,38-37-,41-40-,45-43-,51-49-,62-60+,70-68+. The molecular formula is C93H157NO18. The Morgan fingerprint density at radius 2 is 0.625 bits per heavy atom. The van der Waals surface area contributed by atoms with Crippen molar-refractivity contribution in [2.45, 2.75) is 407 Å². The number of aliphatic hydroxyl groups is 11. The van der Waals surface area contributed by atoms with Crippen LogP contribution in [0.3, 0.4) is 0 Å². The third-order valence-corrected chi connectivity index (χ3v) is 20.9. The molecule has 0 spiro atoms. The van der Waals surface area contributed by atoms with Gasteiger partial charge >= 0.3 is 0 Å². The zero-order valence-electron chi connectivity index (χ0n) is 69.1. The van der Waals surface area contributed by atoms with Crippen LogP contribution in [0.15, 0.2) is 146 Å². The van der Waals surface area contributed by atoms with Gasteiger partial charge in [0.1, 0.15) is 73.2 Å². The molecule has 642 valence electrons. The van der Waals surface area contributed by atoms with E-state index in [-0.39, 0.29) is 18.9 Å². The number of hydrogen-bond donors (Lipinski definition) is 12. The van der Waals surface area contributed by atoms with Gasteiger partial charge in [-0.25, -0.2) is 0 Å². The summed E-state index contributed by atoms with van der Waals surface area (Å²) in [5.41, 5.74) is 0. The molecule has 3 heterocycles. The highest BCUT2D eigenvalue weighted by Crippen LogP contribution is 2.33. The fraction of sp³-hybridized carbons (Fsp3) is 0.731. The smallest absolute Gasteiger partial charge is 0.220 e. The molecule has 3 rings (SSSR count). The summed E-state index contributed by atoms with van der Waals surface area (Å²) in [5.74, 6) is -0.297. The van der Waals surface area contributed by atoms with E-state index in [1.54, 1.807) is 6.08 Å². The Labute approximate surface area is 676 Å². The monoisotopic (exact) mass is 1580 g/mol. The molecule has 17 unspecified atom stereocenters. The molecule has 1 amide bonds. The van der Waals surface area contributed by atoms with Crippen molar-refractivity contribution in [3.05, 3.63) is 146 Å². The zero-order valence-corrected chi connectivity index (χ0v) is 69.1. The van der Waals surface area contributed by atoms with Crippen LogP contribution in [0.4, 0.5) is 0 Å². The van der Waals surface area contributed by atoms with Crippen LogP contribution in [0, 0.1) is 0 Å². The molecule has 0 aromatic heterocycles. The van der Waals surface area contributed by atoms with Crippen molar-refractivity contribution >= 4 is 5.91 Å². The van der Waals surface area contributed by atoms with Crippen molar-refractivity contribution in [3.8, 4) is 0 Å². The largest absolute Gasteiger partial charge is 0.394 e. The molecule has 0 aromatic carbocycles. The average Bonchev–Trinajstić information content (AvgIpc) is 0.780. The van der Waals surface area contributed by atoms with E-state index >= 15 is 0 Å². The Kier molecular flexibility index (Phi) is 64.4. The number of ether oxygens (including phenoxy) is 6. The molecule has 17 atom stereocenters. The minimum atomic E-state index is -1.99. The minimum Gasteiger partial charge on any atom is -0.394 e. The highest BCUT2D eigenvalue weighted by molar-refractivity contribution is 5.76. The minimum absolute atomic E-state index is 0.217. The van der Waals surface area contributed by atoms with Gasteiger partial charge in [0.25, 0.3) is 0 Å². The van der Waals surface area contributed by atoms with Gasteiger partial charge in [-0.2, -0.15) is 0 Å². The van der Waals surface area contributed by atoms with Gasteiger partial charge in [-0.15, -0.1) is 0 Å². The van der Waals surface area contributed by atoms with E-state index in [9.17, 15) is 61.0 Å². The molecule has 0 radical (unpaired) electrons. The Morgan fingerprint density at radius 1 is 0.330 bits per heavy atom. The molecule has 0 saturated carbocycles. The summed E-state index contributed by atoms with van der Waals surface area (Å²) in [6.45, 7) is 1.62. The van der Waals surface area contributed by atoms with Gasteiger partial charge in [-0.1, -0.05) is 333 Å². The van der Waals surface area contributed by atoms with Crippen LogP contribution in [0.5, 0.6) is 0 Å². The van der Waals surface area contributed by atoms with Gasteiger partial charge in [-0.3, -0.25) is 4.79 Å². The summed E-state index contributed by atoms with van der Waals surface area (Å²) in [6, 6.07) is -1.01. The molecule has 3 fully saturated rings. The van der Waals surface area contributed by atoms with Crippen LogP contribution < -0.4 is 5.32 Å². The highest BCUT2D eigenvalue weighted by Gasteiger charge is 2.54. The molecule has 3 aliphatic heterocycles. The molecule has 19 heteroatoms. The lowest BCUT2D eigenvalue weighted by Gasteiger charge is -2.48. The maximum atomic E-state index is 13.5. The van der Waals surface area contributed by atoms with Crippen LogP contribution >= 0.6 is 0 Å². The normalized spacial score (nSPS) is 25.7. The maximum absolute atomic E-state index is 13.5. The lowest BCUT2D eigenvalue weighted by atomic mass is 9.96. The molecule has 0 bridgehead atoms. The number of nitrogens with one attached hydrogen (secondary N) is 1. The molecular weight excluding hydrogens is 1420 g/mol. The summed E-state index contributed by atoms with van der Waals surface area (Å²) in [7, 11) is 0. The molecule has 0 aliphatic carbocycles. The SMILES string of the molecule is CC/C=C\C/C=C\C/C=C\C/C=C\C/C=C\C/C=C\C/C=C\C/C=C\C/C=C\C/C=C\CCCCCCCCCCC(=O)NC(COC1OC(CO)C(OC2OC(CO)C(OC3OC(CO)C(O)C(O)C3O)C(O)C2O)C(O)C1O)C(O)/C=C/CC/C=C/CCCCCCCCCCCCCCCCCCCCCCCC. The van der Waals surface area contributed by atoms with Crippen molar-refractivity contribution < 1.29 is 89.4 Å². The van der Waals surface area contributed by atoms with E-state index in [2.05, 4.69) is 153 Å². The summed E-state index contributed by atoms with van der Waals surface area (Å²) in [5, 5.41) is 121. The Morgan fingerprint density at radius 3 is 1.00 bits per heavy atom. The second-order valence-electron chi connectivity index (χ2n) is 30.6. The van der Waals surface area contributed by atoms with E-state index in [0.717, 1.165) is 128 Å². The van der Waals surface area contributed by atoms with Gasteiger partial charge in [0.15, 0.2) is 18.9 Å². The second-order valence-corrected chi connectivity index (χ2v) is 30.6. The van der Waals surface area contributed by atoms with E-state index < -0.39 is 124 Å². The Balaban J connectivity index is 1.36. The van der Waals surface area contributed by atoms with Crippen LogP contribution in [-0.4, -0.2) is 193 Å². The predicted molar refractivity (Wildman–Crippen MR) is 452 cm³/mol. The molecule has 0 aromatic rings. The van der Waals surface area contributed by atoms with E-state index in [1.807, 2.05) is 6.08 Å². The number of carbonyl (C=O) groups excluding carboxylic acids is 1. The van der Waals surface area contributed by atoms with Gasteiger partial charge in [0, 0.05) is 6.42 Å². The average molecular weight is 1580 g/mol. The summed E-state index contributed by atoms with van der Waals surface area (Å²) in [4.78, 5) is 13.5. The number of carbonyl (C=O) groups is 1. The van der Waals surface area contributed by atoms with Crippen molar-refractivity contribution in [1.29, 1.82) is 0 Å². The first-order chi connectivity index (χ1) is 54.8. The van der Waals surface area contributed by atoms with Crippen molar-refractivity contribution in [3.63, 3.8) is 0 Å². The van der Waals surface area contributed by atoms with E-state index in [1.165, 1.54) is 141 Å². The summed E-state index contributed by atoms with van der Waals surface area (Å²) in [6.07, 6.45) is 76.9. The first-order valence-electron chi connectivity index (χ1n) is 44.1. The van der Waals surface area contributed by atoms with Crippen LogP contribution in [0.1, 0.15) is 303 Å². The number of rotatable bonds is 69. The highest BCUT2D eigenvalue weighted by atomic mass is 16.8. The lowest BCUT2D eigenvalue weighted by molar-refractivity contribution is -0.379. The van der Waals surface area contributed by atoms with Crippen molar-refractivity contribution in [2.75, 3.05) is 26.4 Å². The summed E-state index contributed by atoms with van der Waals surface area (Å²) >= 11 is 0. The quantitative estimate of drug-likeness (QED) is 0.0199. The van der Waals surface area contributed by atoms with Crippen LogP contribution in [0.2, 0.25) is 0 Å². The summed E-state index contributed by atoms with van der Waals surface area (Å²) < 4.78 is 34.5. The number of amides is 1. The lowest BCUT2D eigenvalue weighted by Crippen LogP contribution is -2.66. The number of unbranched alkanes of at least 4 members (excludes halogenated alkanes) is 31. The number of hydrogen-bond acceptors (Lipinski definition) is 18. The van der Waals surface area contributed by atoms with Gasteiger partial charge in [-0.05, 0) is 109 Å². The zero-order chi connectivity index (χ0) is 81.0. The molecule has 3 saturated heterocycles. The van der Waals surface area contributed by atoms with Crippen LogP contribution in [-0.2, 0) is 33.2 Å².